The van der Waals surface area contributed by atoms with Crippen LogP contribution in [0.25, 0.3) is 10.9 Å². The van der Waals surface area contributed by atoms with Crippen LogP contribution in [0.4, 0.5) is 5.69 Å². The van der Waals surface area contributed by atoms with Gasteiger partial charge in [0.15, 0.2) is 0 Å². The normalized spacial score (nSPS) is 14.6. The second-order valence-electron chi connectivity index (χ2n) is 7.19. The lowest BCUT2D eigenvalue weighted by Gasteiger charge is -2.11. The van der Waals surface area contributed by atoms with Gasteiger partial charge in [0.05, 0.1) is 11.2 Å². The van der Waals surface area contributed by atoms with Gasteiger partial charge in [0.25, 0.3) is 5.91 Å². The van der Waals surface area contributed by atoms with Crippen LogP contribution in [0.1, 0.15) is 48.2 Å². The lowest BCUT2D eigenvalue weighted by molar-refractivity contribution is 0.102. The van der Waals surface area contributed by atoms with E-state index in [4.69, 9.17) is 4.98 Å². The van der Waals surface area contributed by atoms with Gasteiger partial charge in [-0.3, -0.25) is 9.78 Å². The molecule has 26 heavy (non-hydrogen) atoms. The number of benzene rings is 2. The van der Waals surface area contributed by atoms with E-state index in [9.17, 15) is 4.79 Å². The summed E-state index contributed by atoms with van der Waals surface area (Å²) >= 11 is 0. The van der Waals surface area contributed by atoms with Gasteiger partial charge >= 0.3 is 0 Å². The quantitative estimate of drug-likeness (QED) is 0.653. The van der Waals surface area contributed by atoms with Crippen molar-refractivity contribution in [2.75, 3.05) is 5.32 Å². The molecule has 3 heteroatoms. The number of rotatable bonds is 5. The Bertz CT molecular complexity index is 898. The maximum Gasteiger partial charge on any atom is 0.255 e. The van der Waals surface area contributed by atoms with Gasteiger partial charge in [-0.05, 0) is 43.0 Å². The number of fused-ring (bicyclic) bond motifs is 1. The van der Waals surface area contributed by atoms with E-state index in [2.05, 4.69) is 17.4 Å². The molecular weight excluding hydrogens is 320 g/mol. The van der Waals surface area contributed by atoms with Crippen LogP contribution in [0.5, 0.6) is 0 Å². The Hall–Kier alpha value is -2.68. The zero-order valence-corrected chi connectivity index (χ0v) is 14.9. The second-order valence-corrected chi connectivity index (χ2v) is 7.19. The molecule has 0 spiro atoms. The molecule has 2 aromatic carbocycles. The summed E-state index contributed by atoms with van der Waals surface area (Å²) < 4.78 is 0. The number of nitrogens with zero attached hydrogens (tertiary/aromatic N) is 1. The molecule has 4 rings (SSSR count). The zero-order valence-electron chi connectivity index (χ0n) is 14.9. The number of hydrogen-bond acceptors (Lipinski definition) is 2. The molecule has 132 valence electrons. The van der Waals surface area contributed by atoms with Gasteiger partial charge in [-0.15, -0.1) is 0 Å². The molecule has 1 aliphatic rings. The average molecular weight is 344 g/mol. The zero-order chi connectivity index (χ0) is 17.8. The maximum absolute atomic E-state index is 12.5. The minimum atomic E-state index is -0.101. The molecule has 1 fully saturated rings. The van der Waals surface area contributed by atoms with Crippen molar-refractivity contribution in [1.82, 2.24) is 4.98 Å². The molecule has 1 aliphatic carbocycles. The van der Waals surface area contributed by atoms with Gasteiger partial charge in [0.1, 0.15) is 0 Å². The first-order chi connectivity index (χ1) is 12.8. The van der Waals surface area contributed by atoms with Gasteiger partial charge < -0.3 is 5.32 Å². The van der Waals surface area contributed by atoms with Crippen LogP contribution in [0.2, 0.25) is 0 Å². The lowest BCUT2D eigenvalue weighted by Crippen LogP contribution is -2.12. The molecule has 0 bridgehead atoms. The Morgan fingerprint density at radius 1 is 0.962 bits per heavy atom. The highest BCUT2D eigenvalue weighted by Crippen LogP contribution is 2.29. The van der Waals surface area contributed by atoms with Crippen LogP contribution < -0.4 is 5.32 Å². The predicted molar refractivity (Wildman–Crippen MR) is 106 cm³/mol. The predicted octanol–water partition coefficient (Wildman–Crippen LogP) is 5.61. The van der Waals surface area contributed by atoms with E-state index in [0.29, 0.717) is 5.56 Å². The number of anilines is 1. The van der Waals surface area contributed by atoms with Crippen LogP contribution >= 0.6 is 0 Å². The Labute approximate surface area is 154 Å². The van der Waals surface area contributed by atoms with E-state index in [-0.39, 0.29) is 5.91 Å². The summed E-state index contributed by atoms with van der Waals surface area (Å²) in [7, 11) is 0. The van der Waals surface area contributed by atoms with Crippen molar-refractivity contribution in [2.24, 2.45) is 5.92 Å². The van der Waals surface area contributed by atoms with Crippen molar-refractivity contribution in [2.45, 2.75) is 38.5 Å². The summed E-state index contributed by atoms with van der Waals surface area (Å²) in [6.07, 6.45) is 7.73. The molecule has 1 aromatic heterocycles. The van der Waals surface area contributed by atoms with E-state index in [1.165, 1.54) is 32.1 Å². The van der Waals surface area contributed by atoms with Gasteiger partial charge in [-0.25, -0.2) is 0 Å². The van der Waals surface area contributed by atoms with Gasteiger partial charge in [0.2, 0.25) is 0 Å². The summed E-state index contributed by atoms with van der Waals surface area (Å²) in [6, 6.07) is 19.5. The molecule has 3 nitrogen and oxygen atoms in total. The molecule has 1 saturated carbocycles. The molecule has 0 saturated heterocycles. The van der Waals surface area contributed by atoms with E-state index in [0.717, 1.165) is 34.6 Å². The molecule has 1 N–H and O–H groups in total. The smallest absolute Gasteiger partial charge is 0.255 e. The molecule has 0 unspecified atom stereocenters. The van der Waals surface area contributed by atoms with Crippen LogP contribution in [-0.4, -0.2) is 10.9 Å². The first-order valence-corrected chi connectivity index (χ1v) is 9.55. The van der Waals surface area contributed by atoms with Gasteiger partial charge in [-0.1, -0.05) is 62.1 Å². The standard InChI is InChI=1S/C23H24N2O/c26-23(19-9-2-1-3-10-19)25-21-12-6-11-18-14-16-20(24-22(18)21)15-13-17-7-4-5-8-17/h1-3,6,9-12,14,16-17H,4-5,7-8,13,15H2,(H,25,26). The van der Waals surface area contributed by atoms with Crippen LogP contribution in [0, 0.1) is 5.92 Å². The summed E-state index contributed by atoms with van der Waals surface area (Å²) in [5.74, 6) is 0.761. The highest BCUT2D eigenvalue weighted by atomic mass is 16.1. The summed E-state index contributed by atoms with van der Waals surface area (Å²) in [4.78, 5) is 17.4. The number of aryl methyl sites for hydroxylation is 1. The van der Waals surface area contributed by atoms with Crippen molar-refractivity contribution in [3.05, 3.63) is 71.9 Å². The SMILES string of the molecule is O=C(Nc1cccc2ccc(CCC3CCCC3)nc12)c1ccccc1. The summed E-state index contributed by atoms with van der Waals surface area (Å²) in [5.41, 5.74) is 3.42. The highest BCUT2D eigenvalue weighted by molar-refractivity contribution is 6.08. The van der Waals surface area contributed by atoms with Gasteiger partial charge in [-0.2, -0.15) is 0 Å². The van der Waals surface area contributed by atoms with Crippen molar-refractivity contribution < 1.29 is 4.79 Å². The van der Waals surface area contributed by atoms with Crippen LogP contribution in [0.15, 0.2) is 60.7 Å². The fourth-order valence-corrected chi connectivity index (χ4v) is 3.86. The van der Waals surface area contributed by atoms with Crippen molar-refractivity contribution >= 4 is 22.5 Å². The molecule has 0 atom stereocenters. The monoisotopic (exact) mass is 344 g/mol. The van der Waals surface area contributed by atoms with Crippen molar-refractivity contribution in [3.63, 3.8) is 0 Å². The fourth-order valence-electron chi connectivity index (χ4n) is 3.86. The first-order valence-electron chi connectivity index (χ1n) is 9.55. The van der Waals surface area contributed by atoms with E-state index >= 15 is 0 Å². The van der Waals surface area contributed by atoms with Crippen LogP contribution in [-0.2, 0) is 6.42 Å². The topological polar surface area (TPSA) is 42.0 Å². The molecule has 0 aliphatic heterocycles. The largest absolute Gasteiger partial charge is 0.320 e. The first kappa shape index (κ1) is 16.8. The number of carbonyl (C=O) groups is 1. The minimum absolute atomic E-state index is 0.101. The second kappa shape index (κ2) is 7.69. The summed E-state index contributed by atoms with van der Waals surface area (Å²) in [6.45, 7) is 0. The summed E-state index contributed by atoms with van der Waals surface area (Å²) in [5, 5.41) is 4.08. The number of aromatic nitrogens is 1. The number of carbonyl (C=O) groups excluding carboxylic acids is 1. The minimum Gasteiger partial charge on any atom is -0.320 e. The van der Waals surface area contributed by atoms with Crippen molar-refractivity contribution in [1.29, 1.82) is 0 Å². The third kappa shape index (κ3) is 3.77. The molecule has 0 radical (unpaired) electrons. The number of para-hydroxylation sites is 1. The van der Waals surface area contributed by atoms with E-state index in [1.54, 1.807) is 0 Å². The number of hydrogen-bond donors (Lipinski definition) is 1. The Kier molecular flexibility index (Phi) is 4.96. The van der Waals surface area contributed by atoms with Crippen LogP contribution in [0.3, 0.4) is 0 Å². The van der Waals surface area contributed by atoms with Gasteiger partial charge in [0, 0.05) is 16.6 Å². The molecule has 1 heterocycles. The third-order valence-electron chi connectivity index (χ3n) is 5.35. The molecule has 3 aromatic rings. The molecular formula is C23H24N2O. The fraction of sp³-hybridized carbons (Fsp3) is 0.304. The number of amides is 1. The van der Waals surface area contributed by atoms with E-state index < -0.39 is 0 Å². The lowest BCUT2D eigenvalue weighted by atomic mass is 10.00. The highest BCUT2D eigenvalue weighted by Gasteiger charge is 2.15. The number of nitrogens with one attached hydrogen (secondary N) is 1. The van der Waals surface area contributed by atoms with E-state index in [1.807, 2.05) is 48.5 Å². The van der Waals surface area contributed by atoms with Crippen molar-refractivity contribution in [3.8, 4) is 0 Å². The maximum atomic E-state index is 12.5. The average Bonchev–Trinajstić information content (AvgIpc) is 3.21. The molecule has 1 amide bonds. The Balaban J connectivity index is 1.55. The Morgan fingerprint density at radius 2 is 1.77 bits per heavy atom. The Morgan fingerprint density at radius 3 is 2.58 bits per heavy atom. The third-order valence-corrected chi connectivity index (χ3v) is 5.35. The number of pyridine rings is 1.